The molecule has 19 heavy (non-hydrogen) atoms. The summed E-state index contributed by atoms with van der Waals surface area (Å²) in [6.07, 6.45) is 1.85. The van der Waals surface area contributed by atoms with Crippen molar-refractivity contribution >= 4 is 10.2 Å². The van der Waals surface area contributed by atoms with Crippen LogP contribution in [0.3, 0.4) is 0 Å². The molecule has 7 heteroatoms. The molecule has 0 spiro atoms. The Labute approximate surface area is 116 Å². The highest BCUT2D eigenvalue weighted by atomic mass is 32.2. The molecule has 1 N–H and O–H groups in total. The zero-order chi connectivity index (χ0) is 14.0. The molecule has 0 bridgehead atoms. The lowest BCUT2D eigenvalue weighted by atomic mass is 10.2. The van der Waals surface area contributed by atoms with Gasteiger partial charge in [-0.1, -0.05) is 0 Å². The first-order valence-electron chi connectivity index (χ1n) is 7.01. The topological polar surface area (TPSA) is 61.9 Å². The Morgan fingerprint density at radius 2 is 2.05 bits per heavy atom. The molecule has 0 aromatic carbocycles. The molecule has 6 nitrogen and oxygen atoms in total. The first-order chi connectivity index (χ1) is 8.96. The van der Waals surface area contributed by atoms with E-state index in [0.29, 0.717) is 26.2 Å². The lowest BCUT2D eigenvalue weighted by Crippen LogP contribution is -2.56. The van der Waals surface area contributed by atoms with Crippen LogP contribution in [0.15, 0.2) is 0 Å². The van der Waals surface area contributed by atoms with Crippen molar-refractivity contribution < 1.29 is 13.2 Å². The van der Waals surface area contributed by atoms with E-state index in [2.05, 4.69) is 5.32 Å². The lowest BCUT2D eigenvalue weighted by Gasteiger charge is -2.39. The smallest absolute Gasteiger partial charge is 0.282 e. The second-order valence-corrected chi connectivity index (χ2v) is 7.37. The van der Waals surface area contributed by atoms with Crippen LogP contribution in [0, 0.1) is 0 Å². The summed E-state index contributed by atoms with van der Waals surface area (Å²) in [5.74, 6) is 0. The molecule has 0 amide bonds. The van der Waals surface area contributed by atoms with E-state index in [0.717, 1.165) is 12.8 Å². The number of ether oxygens (including phenoxy) is 1. The number of nitrogens with zero attached hydrogens (tertiary/aromatic N) is 2. The molecule has 112 valence electrons. The summed E-state index contributed by atoms with van der Waals surface area (Å²) in [5.41, 5.74) is 0. The van der Waals surface area contributed by atoms with Crippen LogP contribution in [0.1, 0.15) is 26.7 Å². The number of morpholine rings is 1. The maximum atomic E-state index is 12.8. The second-order valence-electron chi connectivity index (χ2n) is 5.53. The van der Waals surface area contributed by atoms with E-state index in [4.69, 9.17) is 4.74 Å². The Balaban J connectivity index is 2.16. The average Bonchev–Trinajstić information content (AvgIpc) is 2.81. The summed E-state index contributed by atoms with van der Waals surface area (Å²) in [7, 11) is -1.50. The van der Waals surface area contributed by atoms with Crippen molar-refractivity contribution in [1.29, 1.82) is 0 Å². The Bertz CT molecular complexity index is 401. The predicted molar refractivity (Wildman–Crippen MR) is 74.2 cm³/mol. The monoisotopic (exact) mass is 291 g/mol. The van der Waals surface area contributed by atoms with Gasteiger partial charge in [-0.25, -0.2) is 0 Å². The van der Waals surface area contributed by atoms with Crippen molar-refractivity contribution in [3.8, 4) is 0 Å². The molecule has 2 rings (SSSR count). The average molecular weight is 291 g/mol. The molecular weight excluding hydrogens is 266 g/mol. The minimum atomic E-state index is -3.37. The van der Waals surface area contributed by atoms with Gasteiger partial charge in [-0.05, 0) is 33.7 Å². The van der Waals surface area contributed by atoms with E-state index in [1.54, 1.807) is 8.61 Å². The van der Waals surface area contributed by atoms with Crippen LogP contribution in [-0.2, 0) is 14.9 Å². The number of hydrogen-bond donors (Lipinski definition) is 1. The van der Waals surface area contributed by atoms with Gasteiger partial charge < -0.3 is 10.1 Å². The molecule has 0 aromatic heterocycles. The third-order valence-corrected chi connectivity index (χ3v) is 6.08. The first kappa shape index (κ1) is 15.2. The minimum absolute atomic E-state index is 0.0312. The third-order valence-electron chi connectivity index (χ3n) is 3.91. The highest BCUT2D eigenvalue weighted by molar-refractivity contribution is 7.86. The Morgan fingerprint density at radius 3 is 2.74 bits per heavy atom. The van der Waals surface area contributed by atoms with Crippen molar-refractivity contribution in [2.75, 3.05) is 33.3 Å². The lowest BCUT2D eigenvalue weighted by molar-refractivity contribution is -0.0192. The molecule has 2 heterocycles. The molecular formula is C12H25N3O3S. The van der Waals surface area contributed by atoms with E-state index >= 15 is 0 Å². The van der Waals surface area contributed by atoms with Crippen LogP contribution in [0.2, 0.25) is 0 Å². The minimum Gasteiger partial charge on any atom is -0.375 e. The van der Waals surface area contributed by atoms with Gasteiger partial charge in [0.1, 0.15) is 0 Å². The Kier molecular flexibility index (Phi) is 4.84. The highest BCUT2D eigenvalue weighted by Gasteiger charge is 2.41. The van der Waals surface area contributed by atoms with Gasteiger partial charge in [0.2, 0.25) is 0 Å². The van der Waals surface area contributed by atoms with E-state index in [9.17, 15) is 8.42 Å². The maximum absolute atomic E-state index is 12.8. The van der Waals surface area contributed by atoms with Gasteiger partial charge in [0.25, 0.3) is 10.2 Å². The van der Waals surface area contributed by atoms with E-state index < -0.39 is 10.2 Å². The third kappa shape index (κ3) is 3.11. The van der Waals surface area contributed by atoms with Gasteiger partial charge in [0, 0.05) is 31.7 Å². The summed E-state index contributed by atoms with van der Waals surface area (Å²) in [4.78, 5) is 0. The van der Waals surface area contributed by atoms with Gasteiger partial charge in [-0.2, -0.15) is 17.0 Å². The molecule has 0 unspecified atom stereocenters. The van der Waals surface area contributed by atoms with Crippen molar-refractivity contribution in [2.45, 2.75) is 44.9 Å². The predicted octanol–water partition coefficient (Wildman–Crippen LogP) is 0.0242. The summed E-state index contributed by atoms with van der Waals surface area (Å²) in [6.45, 7) is 6.11. The van der Waals surface area contributed by atoms with Crippen LogP contribution in [0.4, 0.5) is 0 Å². The van der Waals surface area contributed by atoms with E-state index in [1.165, 1.54) is 0 Å². The molecule has 0 radical (unpaired) electrons. The van der Waals surface area contributed by atoms with Crippen molar-refractivity contribution in [2.24, 2.45) is 0 Å². The standard InChI is InChI=1S/C12H25N3O3S/c1-10-9-18-11(2)8-15(10)19(16,17)14-6-4-5-12(14)7-13-3/h10-13H,4-9H2,1-3H3/t10-,11+,12+/m1/s1. The van der Waals surface area contributed by atoms with Crippen LogP contribution < -0.4 is 5.32 Å². The maximum Gasteiger partial charge on any atom is 0.282 e. The summed E-state index contributed by atoms with van der Waals surface area (Å²) in [6, 6.07) is -0.00242. The number of hydrogen-bond acceptors (Lipinski definition) is 4. The molecule has 0 aliphatic carbocycles. The van der Waals surface area contributed by atoms with Crippen molar-refractivity contribution in [3.63, 3.8) is 0 Å². The molecule has 2 fully saturated rings. The fraction of sp³-hybridized carbons (Fsp3) is 1.00. The molecule has 2 saturated heterocycles. The van der Waals surface area contributed by atoms with Crippen LogP contribution in [0.5, 0.6) is 0 Å². The van der Waals surface area contributed by atoms with Crippen molar-refractivity contribution in [3.05, 3.63) is 0 Å². The van der Waals surface area contributed by atoms with Crippen molar-refractivity contribution in [1.82, 2.24) is 13.9 Å². The molecule has 0 aromatic rings. The fourth-order valence-corrected chi connectivity index (χ4v) is 4.98. The van der Waals surface area contributed by atoms with Gasteiger partial charge in [0.05, 0.1) is 12.7 Å². The van der Waals surface area contributed by atoms with Gasteiger partial charge in [-0.3, -0.25) is 0 Å². The second kappa shape index (κ2) is 6.05. The van der Waals surface area contributed by atoms with Gasteiger partial charge in [0.15, 0.2) is 0 Å². The summed E-state index contributed by atoms with van der Waals surface area (Å²) >= 11 is 0. The fourth-order valence-electron chi connectivity index (χ4n) is 2.88. The normalized spacial score (nSPS) is 34.8. The van der Waals surface area contributed by atoms with Crippen LogP contribution in [0.25, 0.3) is 0 Å². The highest BCUT2D eigenvalue weighted by Crippen LogP contribution is 2.26. The summed E-state index contributed by atoms with van der Waals surface area (Å²) < 4.78 is 34.4. The Morgan fingerprint density at radius 1 is 1.32 bits per heavy atom. The molecule has 2 aliphatic heterocycles. The van der Waals surface area contributed by atoms with Gasteiger partial charge in [-0.15, -0.1) is 0 Å². The molecule has 0 saturated carbocycles. The molecule has 2 aliphatic rings. The number of likely N-dealkylation sites (N-methyl/N-ethyl adjacent to an activating group) is 1. The van der Waals surface area contributed by atoms with E-state index in [1.807, 2.05) is 20.9 Å². The van der Waals surface area contributed by atoms with Gasteiger partial charge >= 0.3 is 0 Å². The zero-order valence-electron chi connectivity index (χ0n) is 12.0. The first-order valence-corrected chi connectivity index (χ1v) is 8.41. The van der Waals surface area contributed by atoms with E-state index in [-0.39, 0.29) is 18.2 Å². The number of rotatable bonds is 4. The quantitative estimate of drug-likeness (QED) is 0.793. The van der Waals surface area contributed by atoms with Crippen LogP contribution >= 0.6 is 0 Å². The van der Waals surface area contributed by atoms with Crippen LogP contribution in [-0.4, -0.2) is 68.5 Å². The summed E-state index contributed by atoms with van der Waals surface area (Å²) in [5, 5.41) is 3.09. The largest absolute Gasteiger partial charge is 0.375 e. The zero-order valence-corrected chi connectivity index (χ0v) is 12.8. The molecule has 3 atom stereocenters. The number of nitrogens with one attached hydrogen (secondary N) is 1. The SMILES string of the molecule is CNC[C@@H]1CCCN1S(=O)(=O)N1C[C@H](C)OC[C@H]1C. The Hall–Kier alpha value is -0.210.